The Hall–Kier alpha value is -2.63. The van der Waals surface area contributed by atoms with Gasteiger partial charge in [-0.25, -0.2) is 4.79 Å². The number of allylic oxidation sites excluding steroid dienone is 1. The predicted molar refractivity (Wildman–Crippen MR) is 152 cm³/mol. The van der Waals surface area contributed by atoms with E-state index < -0.39 is 0 Å². The Balaban J connectivity index is 2.09. The highest BCUT2D eigenvalue weighted by Gasteiger charge is 2.14. The van der Waals surface area contributed by atoms with Crippen molar-refractivity contribution in [1.29, 1.82) is 0 Å². The minimum absolute atomic E-state index is 0.337. The number of carbonyl (C=O) groups excluding carboxylic acids is 1. The van der Waals surface area contributed by atoms with Crippen molar-refractivity contribution in [3.05, 3.63) is 101 Å². The number of ether oxygens (including phenoxy) is 1. The summed E-state index contributed by atoms with van der Waals surface area (Å²) < 4.78 is 4.97. The van der Waals surface area contributed by atoms with Gasteiger partial charge in [0.25, 0.3) is 0 Å². The molecule has 0 bridgehead atoms. The Morgan fingerprint density at radius 1 is 1.00 bits per heavy atom. The van der Waals surface area contributed by atoms with E-state index >= 15 is 0 Å². The first-order valence-electron chi connectivity index (χ1n) is 10.8. The molecule has 0 fully saturated rings. The van der Waals surface area contributed by atoms with Crippen LogP contribution in [0.25, 0.3) is 17.2 Å². The quantitative estimate of drug-likeness (QED) is 0.0696. The SMILES string of the molecule is CCOC(=O)/C=C/c1ccc(/C(=C(/CC)c2ccccc2)c2ccc(NPI)c(N)c2)cc1. The molecule has 0 saturated carbocycles. The van der Waals surface area contributed by atoms with Gasteiger partial charge in [0.15, 0.2) is 0 Å². The summed E-state index contributed by atoms with van der Waals surface area (Å²) >= 11 is 2.30. The van der Waals surface area contributed by atoms with Crippen LogP contribution in [0.4, 0.5) is 11.4 Å². The average Bonchev–Trinajstić information content (AvgIpc) is 2.84. The summed E-state index contributed by atoms with van der Waals surface area (Å²) in [6.07, 6.45) is 4.65. The van der Waals surface area contributed by atoms with E-state index in [1.807, 2.05) is 30.3 Å². The third-order valence-electron chi connectivity index (χ3n) is 5.20. The minimum atomic E-state index is -0.337. The number of nitrogens with two attached hydrogens (primary N) is 1. The van der Waals surface area contributed by atoms with Crippen LogP contribution in [0, 0.1) is 0 Å². The maximum Gasteiger partial charge on any atom is 0.330 e. The van der Waals surface area contributed by atoms with Crippen LogP contribution in [0.1, 0.15) is 42.5 Å². The van der Waals surface area contributed by atoms with E-state index in [9.17, 15) is 4.79 Å². The molecule has 170 valence electrons. The van der Waals surface area contributed by atoms with Crippen molar-refractivity contribution >= 4 is 63.0 Å². The number of anilines is 2. The normalized spacial score (nSPS) is 12.2. The molecule has 0 amide bonds. The molecule has 3 aromatic rings. The number of esters is 1. The van der Waals surface area contributed by atoms with Gasteiger partial charge in [-0.15, -0.1) is 0 Å². The average molecular weight is 570 g/mol. The van der Waals surface area contributed by atoms with Gasteiger partial charge < -0.3 is 15.6 Å². The molecule has 0 aliphatic heterocycles. The lowest BCUT2D eigenvalue weighted by molar-refractivity contribution is -0.137. The molecule has 0 spiro atoms. The third-order valence-corrected chi connectivity index (χ3v) is 6.37. The first-order valence-corrected chi connectivity index (χ1v) is 14.9. The van der Waals surface area contributed by atoms with Crippen molar-refractivity contribution in [1.82, 2.24) is 0 Å². The van der Waals surface area contributed by atoms with Crippen LogP contribution in [0.2, 0.25) is 0 Å². The number of nitrogen functional groups attached to an aromatic ring is 1. The number of hydrogen-bond donors (Lipinski definition) is 2. The highest BCUT2D eigenvalue weighted by Crippen LogP contribution is 2.37. The maximum atomic E-state index is 11.6. The van der Waals surface area contributed by atoms with Crippen molar-refractivity contribution in [3.63, 3.8) is 0 Å². The third kappa shape index (κ3) is 6.68. The van der Waals surface area contributed by atoms with Gasteiger partial charge in [0.05, 0.1) is 18.0 Å². The van der Waals surface area contributed by atoms with Crippen LogP contribution in [-0.4, -0.2) is 12.6 Å². The van der Waals surface area contributed by atoms with Crippen LogP contribution < -0.4 is 10.8 Å². The summed E-state index contributed by atoms with van der Waals surface area (Å²) in [5.74, 6) is -0.337. The van der Waals surface area contributed by atoms with E-state index in [2.05, 4.69) is 76.5 Å². The zero-order valence-electron chi connectivity index (χ0n) is 18.8. The summed E-state index contributed by atoms with van der Waals surface area (Å²) in [5.41, 5.74) is 14.8. The van der Waals surface area contributed by atoms with Gasteiger partial charge in [-0.3, -0.25) is 0 Å². The van der Waals surface area contributed by atoms with Crippen LogP contribution >= 0.6 is 28.4 Å². The van der Waals surface area contributed by atoms with Crippen molar-refractivity contribution in [3.8, 4) is 0 Å². The van der Waals surface area contributed by atoms with E-state index in [4.69, 9.17) is 10.5 Å². The fourth-order valence-electron chi connectivity index (χ4n) is 3.68. The first-order chi connectivity index (χ1) is 16.1. The van der Waals surface area contributed by atoms with E-state index in [0.29, 0.717) is 13.0 Å². The number of rotatable bonds is 9. The lowest BCUT2D eigenvalue weighted by Gasteiger charge is -2.18. The fourth-order valence-corrected chi connectivity index (χ4v) is 4.88. The number of carbonyl (C=O) groups is 1. The molecular weight excluding hydrogens is 542 g/mol. The fraction of sp³-hybridized carbons (Fsp3) is 0.148. The van der Waals surface area contributed by atoms with Gasteiger partial charge in [-0.05, 0) is 87.0 Å². The van der Waals surface area contributed by atoms with Gasteiger partial charge in [-0.2, -0.15) is 0 Å². The molecule has 3 aromatic carbocycles. The van der Waals surface area contributed by atoms with E-state index in [-0.39, 0.29) is 5.97 Å². The van der Waals surface area contributed by atoms with Crippen LogP contribution in [-0.2, 0) is 9.53 Å². The molecule has 4 nitrogen and oxygen atoms in total. The predicted octanol–water partition coefficient (Wildman–Crippen LogP) is 7.57. The summed E-state index contributed by atoms with van der Waals surface area (Å²) in [4.78, 5) is 11.6. The monoisotopic (exact) mass is 570 g/mol. The molecule has 3 N–H and O–H groups in total. The Bertz CT molecular complexity index is 1140. The number of halogens is 1. The van der Waals surface area contributed by atoms with Gasteiger partial charge in [-0.1, -0.05) is 67.6 Å². The van der Waals surface area contributed by atoms with Crippen molar-refractivity contribution < 1.29 is 9.53 Å². The molecule has 1 atom stereocenters. The lowest BCUT2D eigenvalue weighted by Crippen LogP contribution is -1.99. The summed E-state index contributed by atoms with van der Waals surface area (Å²) in [7, 11) is 0. The highest BCUT2D eigenvalue weighted by molar-refractivity contribution is 14.2. The lowest BCUT2D eigenvalue weighted by atomic mass is 9.87. The van der Waals surface area contributed by atoms with Crippen LogP contribution in [0.5, 0.6) is 0 Å². The second-order valence-electron chi connectivity index (χ2n) is 7.30. The van der Waals surface area contributed by atoms with E-state index in [1.165, 1.54) is 17.2 Å². The maximum absolute atomic E-state index is 11.6. The molecule has 6 heteroatoms. The Morgan fingerprint density at radius 3 is 2.30 bits per heavy atom. The molecule has 0 heterocycles. The van der Waals surface area contributed by atoms with Crippen molar-refractivity contribution in [2.75, 3.05) is 17.4 Å². The van der Waals surface area contributed by atoms with Crippen LogP contribution in [0.15, 0.2) is 78.9 Å². The van der Waals surface area contributed by atoms with E-state index in [0.717, 1.165) is 40.1 Å². The van der Waals surface area contributed by atoms with Crippen molar-refractivity contribution in [2.45, 2.75) is 20.3 Å². The Kier molecular flexibility index (Phi) is 9.52. The van der Waals surface area contributed by atoms with Crippen molar-refractivity contribution in [2.24, 2.45) is 0 Å². The number of nitrogens with one attached hydrogen (secondary N) is 1. The zero-order chi connectivity index (χ0) is 23.6. The number of benzene rings is 3. The van der Waals surface area contributed by atoms with Crippen LogP contribution in [0.3, 0.4) is 0 Å². The largest absolute Gasteiger partial charge is 0.463 e. The number of hydrogen-bond acceptors (Lipinski definition) is 4. The summed E-state index contributed by atoms with van der Waals surface area (Å²) in [6, 6.07) is 24.9. The first kappa shape index (κ1) is 25.0. The second-order valence-corrected chi connectivity index (χ2v) is 9.36. The molecule has 3 rings (SSSR count). The molecule has 0 saturated heterocycles. The highest BCUT2D eigenvalue weighted by atomic mass is 127. The van der Waals surface area contributed by atoms with Gasteiger partial charge in [0.2, 0.25) is 0 Å². The summed E-state index contributed by atoms with van der Waals surface area (Å²) in [6.45, 7) is 4.34. The Morgan fingerprint density at radius 2 is 1.70 bits per heavy atom. The second kappa shape index (κ2) is 12.6. The van der Waals surface area contributed by atoms with E-state index in [1.54, 1.807) is 13.0 Å². The standard InChI is InChI=1S/C27H28IN2O2P/c1-3-23(20-8-6-5-7-9-20)27(22-15-16-25(30-33-28)24(29)18-22)21-13-10-19(11-14-21)12-17-26(31)32-4-2/h5-18,30,33H,3-4,29H2,1-2H3/b17-12+,27-23+. The summed E-state index contributed by atoms with van der Waals surface area (Å²) in [5, 5.41) is 3.32. The van der Waals surface area contributed by atoms with Gasteiger partial charge in [0, 0.05) is 12.4 Å². The smallest absolute Gasteiger partial charge is 0.330 e. The Labute approximate surface area is 210 Å². The van der Waals surface area contributed by atoms with Gasteiger partial charge >= 0.3 is 5.97 Å². The minimum Gasteiger partial charge on any atom is -0.463 e. The molecule has 0 aliphatic rings. The van der Waals surface area contributed by atoms with Gasteiger partial charge in [0.1, 0.15) is 0 Å². The molecule has 0 aliphatic carbocycles. The molecule has 1 unspecified atom stereocenters. The molecule has 33 heavy (non-hydrogen) atoms. The zero-order valence-corrected chi connectivity index (χ0v) is 21.9. The molecular formula is C27H28IN2O2P. The molecule has 0 aromatic heterocycles. The molecule has 0 radical (unpaired) electrons. The topological polar surface area (TPSA) is 64.3 Å².